The number of halogens is 3. The van der Waals surface area contributed by atoms with Crippen molar-refractivity contribution in [1.82, 2.24) is 4.31 Å². The molecule has 1 aromatic rings. The quantitative estimate of drug-likeness (QED) is 0.917. The van der Waals surface area contributed by atoms with Crippen LogP contribution in [0.1, 0.15) is 18.4 Å². The predicted octanol–water partition coefficient (Wildman–Crippen LogP) is 2.19. The fourth-order valence-corrected chi connectivity index (χ4v) is 3.91. The molecule has 2 rings (SSSR count). The Labute approximate surface area is 125 Å². The molecule has 22 heavy (non-hydrogen) atoms. The van der Waals surface area contributed by atoms with Crippen LogP contribution in [0.4, 0.5) is 13.2 Å². The van der Waals surface area contributed by atoms with Crippen molar-refractivity contribution in [2.75, 3.05) is 13.1 Å². The van der Waals surface area contributed by atoms with Gasteiger partial charge in [-0.25, -0.2) is 8.42 Å². The SMILES string of the molecule is O=C(O)C1CCCN(S(=O)(=O)c2cccc(C(F)(F)F)c2)C1. The molecule has 0 bridgehead atoms. The molecule has 1 heterocycles. The highest BCUT2D eigenvalue weighted by atomic mass is 32.2. The normalized spacial score (nSPS) is 20.8. The Morgan fingerprint density at radius 3 is 2.59 bits per heavy atom. The molecule has 1 aliphatic rings. The van der Waals surface area contributed by atoms with Crippen molar-refractivity contribution in [2.24, 2.45) is 5.92 Å². The van der Waals surface area contributed by atoms with Gasteiger partial charge in [-0.2, -0.15) is 17.5 Å². The number of carbonyl (C=O) groups is 1. The number of piperidine rings is 1. The van der Waals surface area contributed by atoms with Gasteiger partial charge in [0.05, 0.1) is 16.4 Å². The number of hydrogen-bond donors (Lipinski definition) is 1. The summed E-state index contributed by atoms with van der Waals surface area (Å²) in [6.45, 7) is -0.129. The fraction of sp³-hybridized carbons (Fsp3) is 0.462. The first kappa shape index (κ1) is 16.8. The van der Waals surface area contributed by atoms with Crippen molar-refractivity contribution in [1.29, 1.82) is 0 Å². The molecule has 0 aliphatic carbocycles. The van der Waals surface area contributed by atoms with Crippen LogP contribution in [-0.2, 0) is 21.0 Å². The maximum Gasteiger partial charge on any atom is 0.416 e. The van der Waals surface area contributed by atoms with E-state index in [2.05, 4.69) is 0 Å². The molecule has 0 spiro atoms. The van der Waals surface area contributed by atoms with Crippen LogP contribution >= 0.6 is 0 Å². The summed E-state index contributed by atoms with van der Waals surface area (Å²) in [6.07, 6.45) is -3.93. The zero-order chi connectivity index (χ0) is 16.5. The molecule has 9 heteroatoms. The predicted molar refractivity (Wildman–Crippen MR) is 70.6 cm³/mol. The Morgan fingerprint density at radius 2 is 2.00 bits per heavy atom. The third kappa shape index (κ3) is 3.41. The third-order valence-electron chi connectivity index (χ3n) is 3.53. The van der Waals surface area contributed by atoms with Gasteiger partial charge in [0.25, 0.3) is 0 Å². The molecule has 1 atom stereocenters. The average molecular weight is 337 g/mol. The van der Waals surface area contributed by atoms with Gasteiger partial charge in [0, 0.05) is 13.1 Å². The molecular weight excluding hydrogens is 323 g/mol. The zero-order valence-electron chi connectivity index (χ0n) is 11.4. The number of benzene rings is 1. The van der Waals surface area contributed by atoms with Gasteiger partial charge >= 0.3 is 12.1 Å². The van der Waals surface area contributed by atoms with Crippen LogP contribution in [0.2, 0.25) is 0 Å². The third-order valence-corrected chi connectivity index (χ3v) is 5.39. The van der Waals surface area contributed by atoms with Crippen molar-refractivity contribution in [2.45, 2.75) is 23.9 Å². The number of carboxylic acids is 1. The molecule has 1 unspecified atom stereocenters. The summed E-state index contributed by atoms with van der Waals surface area (Å²) in [5.41, 5.74) is -1.06. The summed E-state index contributed by atoms with van der Waals surface area (Å²) >= 11 is 0. The van der Waals surface area contributed by atoms with Gasteiger partial charge in [0.15, 0.2) is 0 Å². The van der Waals surface area contributed by atoms with E-state index in [1.54, 1.807) is 0 Å². The van der Waals surface area contributed by atoms with E-state index in [-0.39, 0.29) is 13.1 Å². The lowest BCUT2D eigenvalue weighted by atomic mass is 10.0. The molecule has 122 valence electrons. The van der Waals surface area contributed by atoms with Gasteiger partial charge in [-0.15, -0.1) is 0 Å². The maximum atomic E-state index is 12.7. The first-order valence-electron chi connectivity index (χ1n) is 6.52. The second-order valence-electron chi connectivity index (χ2n) is 5.07. The van der Waals surface area contributed by atoms with Gasteiger partial charge in [-0.3, -0.25) is 4.79 Å². The van der Waals surface area contributed by atoms with Crippen LogP contribution in [-0.4, -0.2) is 36.9 Å². The number of nitrogens with zero attached hydrogens (tertiary/aromatic N) is 1. The van der Waals surface area contributed by atoms with Crippen LogP contribution in [0, 0.1) is 5.92 Å². The number of alkyl halides is 3. The highest BCUT2D eigenvalue weighted by Gasteiger charge is 2.35. The minimum absolute atomic E-state index is 0.0996. The van der Waals surface area contributed by atoms with Gasteiger partial charge in [-0.1, -0.05) is 6.07 Å². The summed E-state index contributed by atoms with van der Waals surface area (Å²) in [5, 5.41) is 8.97. The maximum absolute atomic E-state index is 12.7. The highest BCUT2D eigenvalue weighted by Crippen LogP contribution is 2.32. The van der Waals surface area contributed by atoms with Crippen molar-refractivity contribution < 1.29 is 31.5 Å². The second kappa shape index (κ2) is 5.88. The topological polar surface area (TPSA) is 74.7 Å². The number of hydrogen-bond acceptors (Lipinski definition) is 3. The molecule has 1 aliphatic heterocycles. The van der Waals surface area contributed by atoms with E-state index in [0.717, 1.165) is 22.5 Å². The zero-order valence-corrected chi connectivity index (χ0v) is 12.2. The monoisotopic (exact) mass is 337 g/mol. The molecule has 1 fully saturated rings. The Bertz CT molecular complexity index is 672. The van der Waals surface area contributed by atoms with Crippen LogP contribution in [0.15, 0.2) is 29.2 Å². The molecular formula is C13H14F3NO4S. The van der Waals surface area contributed by atoms with Crippen LogP contribution in [0.3, 0.4) is 0 Å². The van der Waals surface area contributed by atoms with Gasteiger partial charge < -0.3 is 5.11 Å². The van der Waals surface area contributed by atoms with Crippen LogP contribution in [0.25, 0.3) is 0 Å². The van der Waals surface area contributed by atoms with E-state index in [9.17, 15) is 26.4 Å². The summed E-state index contributed by atoms with van der Waals surface area (Å²) in [5.74, 6) is -1.95. The molecule has 1 saturated heterocycles. The van der Waals surface area contributed by atoms with E-state index in [0.29, 0.717) is 18.9 Å². The van der Waals surface area contributed by atoms with Crippen molar-refractivity contribution in [3.8, 4) is 0 Å². The standard InChI is InChI=1S/C13H14F3NO4S/c14-13(15,16)10-4-1-5-11(7-10)22(20,21)17-6-2-3-9(8-17)12(18)19/h1,4-5,7,9H,2-3,6,8H2,(H,18,19). The van der Waals surface area contributed by atoms with Crippen LogP contribution in [0.5, 0.6) is 0 Å². The molecule has 1 aromatic carbocycles. The minimum Gasteiger partial charge on any atom is -0.481 e. The highest BCUT2D eigenvalue weighted by molar-refractivity contribution is 7.89. The first-order valence-corrected chi connectivity index (χ1v) is 7.96. The van der Waals surface area contributed by atoms with Gasteiger partial charge in [-0.05, 0) is 31.0 Å². The van der Waals surface area contributed by atoms with Crippen molar-refractivity contribution in [3.05, 3.63) is 29.8 Å². The van der Waals surface area contributed by atoms with E-state index < -0.39 is 38.5 Å². The van der Waals surface area contributed by atoms with Crippen LogP contribution < -0.4 is 0 Å². The van der Waals surface area contributed by atoms with Gasteiger partial charge in [0.1, 0.15) is 0 Å². The molecule has 1 N–H and O–H groups in total. The van der Waals surface area contributed by atoms with E-state index >= 15 is 0 Å². The number of rotatable bonds is 3. The van der Waals surface area contributed by atoms with Crippen molar-refractivity contribution in [3.63, 3.8) is 0 Å². The molecule has 0 amide bonds. The summed E-state index contributed by atoms with van der Waals surface area (Å²) in [4.78, 5) is 10.5. The number of aliphatic carboxylic acids is 1. The molecule has 0 saturated carbocycles. The Hall–Kier alpha value is -1.61. The lowest BCUT2D eigenvalue weighted by Gasteiger charge is -2.29. The largest absolute Gasteiger partial charge is 0.481 e. The van der Waals surface area contributed by atoms with E-state index in [1.165, 1.54) is 0 Å². The Balaban J connectivity index is 2.32. The number of carboxylic acid groups (broad SMARTS) is 1. The Morgan fingerprint density at radius 1 is 1.32 bits per heavy atom. The Kier molecular flexibility index (Phi) is 4.48. The lowest BCUT2D eigenvalue weighted by Crippen LogP contribution is -2.42. The smallest absolute Gasteiger partial charge is 0.416 e. The molecule has 0 radical (unpaired) electrons. The minimum atomic E-state index is -4.64. The summed E-state index contributed by atoms with van der Waals surface area (Å²) < 4.78 is 63.8. The molecule has 5 nitrogen and oxygen atoms in total. The average Bonchev–Trinajstić information content (AvgIpc) is 2.46. The van der Waals surface area contributed by atoms with Gasteiger partial charge in [0.2, 0.25) is 10.0 Å². The van der Waals surface area contributed by atoms with Crippen molar-refractivity contribution >= 4 is 16.0 Å². The fourth-order valence-electron chi connectivity index (χ4n) is 2.34. The lowest BCUT2D eigenvalue weighted by molar-refractivity contribution is -0.143. The summed E-state index contributed by atoms with van der Waals surface area (Å²) in [7, 11) is -4.14. The second-order valence-corrected chi connectivity index (χ2v) is 7.00. The summed E-state index contributed by atoms with van der Waals surface area (Å²) in [6, 6.07) is 3.46. The van der Waals surface area contributed by atoms with E-state index in [1.807, 2.05) is 0 Å². The first-order chi connectivity index (χ1) is 10.1. The molecule has 0 aromatic heterocycles. The van der Waals surface area contributed by atoms with E-state index in [4.69, 9.17) is 5.11 Å². The number of sulfonamides is 1.